The molecule has 1 N–H and O–H groups in total. The van der Waals surface area contributed by atoms with E-state index in [-0.39, 0.29) is 18.5 Å². The lowest BCUT2D eigenvalue weighted by molar-refractivity contribution is -0.139. The van der Waals surface area contributed by atoms with E-state index in [1.54, 1.807) is 31.2 Å². The molecule has 0 saturated carbocycles. The third-order valence-electron chi connectivity index (χ3n) is 5.60. The summed E-state index contributed by atoms with van der Waals surface area (Å²) < 4.78 is 26.2. The number of benzene rings is 2. The average molecular weight is 474 g/mol. The van der Waals surface area contributed by atoms with Crippen LogP contribution >= 0.6 is 0 Å². The molecule has 0 aliphatic rings. The zero-order chi connectivity index (χ0) is 24.8. The fourth-order valence-corrected chi connectivity index (χ4v) is 4.23. The first-order chi connectivity index (χ1) is 15.4. The third kappa shape index (κ3) is 7.60. The predicted octanol–water partition coefficient (Wildman–Crippen LogP) is 3.40. The van der Waals surface area contributed by atoms with Crippen molar-refractivity contribution in [2.24, 2.45) is 0 Å². The Hall–Kier alpha value is -2.87. The smallest absolute Gasteiger partial charge is 0.244 e. The first-order valence-corrected chi connectivity index (χ1v) is 13.0. The molecular formula is C25H35N3O4S. The van der Waals surface area contributed by atoms with E-state index >= 15 is 0 Å². The van der Waals surface area contributed by atoms with Crippen LogP contribution in [0.1, 0.15) is 43.9 Å². The fourth-order valence-electron chi connectivity index (χ4n) is 3.38. The van der Waals surface area contributed by atoms with E-state index in [0.29, 0.717) is 5.69 Å². The fraction of sp³-hybridized carbons (Fsp3) is 0.440. The van der Waals surface area contributed by atoms with E-state index in [4.69, 9.17) is 0 Å². The van der Waals surface area contributed by atoms with Gasteiger partial charge in [-0.15, -0.1) is 0 Å². The lowest BCUT2D eigenvalue weighted by atomic mass is 10.1. The first kappa shape index (κ1) is 26.4. The van der Waals surface area contributed by atoms with Crippen LogP contribution in [0.2, 0.25) is 0 Å². The van der Waals surface area contributed by atoms with Gasteiger partial charge in [0, 0.05) is 12.6 Å². The molecule has 2 aromatic carbocycles. The summed E-state index contributed by atoms with van der Waals surface area (Å²) in [7, 11) is -3.72. The van der Waals surface area contributed by atoms with Gasteiger partial charge in [0.2, 0.25) is 21.8 Å². The van der Waals surface area contributed by atoms with E-state index in [9.17, 15) is 18.0 Å². The van der Waals surface area contributed by atoms with Crippen molar-refractivity contribution in [2.75, 3.05) is 17.1 Å². The van der Waals surface area contributed by atoms with E-state index in [1.165, 1.54) is 4.90 Å². The van der Waals surface area contributed by atoms with Crippen molar-refractivity contribution in [3.63, 3.8) is 0 Å². The van der Waals surface area contributed by atoms with Crippen LogP contribution in [-0.2, 0) is 26.2 Å². The van der Waals surface area contributed by atoms with Crippen LogP contribution < -0.4 is 9.62 Å². The van der Waals surface area contributed by atoms with Crippen molar-refractivity contribution in [3.8, 4) is 0 Å². The van der Waals surface area contributed by atoms with Gasteiger partial charge in [0.05, 0.1) is 11.9 Å². The molecule has 0 heterocycles. The number of carbonyl (C=O) groups is 2. The number of rotatable bonds is 10. The first-order valence-electron chi connectivity index (χ1n) is 11.1. The molecule has 180 valence electrons. The summed E-state index contributed by atoms with van der Waals surface area (Å²) in [6.07, 6.45) is 1.84. The molecule has 2 amide bonds. The van der Waals surface area contributed by atoms with E-state index < -0.39 is 28.5 Å². The minimum Gasteiger partial charge on any atom is -0.352 e. The maximum Gasteiger partial charge on any atom is 0.244 e. The zero-order valence-electron chi connectivity index (χ0n) is 20.3. The van der Waals surface area contributed by atoms with Crippen molar-refractivity contribution in [3.05, 3.63) is 65.2 Å². The minimum absolute atomic E-state index is 0.0315. The molecule has 2 aromatic rings. The Kier molecular flexibility index (Phi) is 9.05. The number of sulfonamides is 1. The molecular weight excluding hydrogens is 438 g/mol. The topological polar surface area (TPSA) is 86.8 Å². The molecule has 0 aliphatic heterocycles. The van der Waals surface area contributed by atoms with Crippen molar-refractivity contribution in [2.45, 2.75) is 59.7 Å². The Morgan fingerprint density at radius 2 is 1.64 bits per heavy atom. The maximum absolute atomic E-state index is 13.5. The number of anilines is 1. The van der Waals surface area contributed by atoms with Gasteiger partial charge in [0.25, 0.3) is 0 Å². The van der Waals surface area contributed by atoms with Gasteiger partial charge in [-0.1, -0.05) is 54.4 Å². The van der Waals surface area contributed by atoms with Crippen LogP contribution in [0.25, 0.3) is 0 Å². The highest BCUT2D eigenvalue weighted by Crippen LogP contribution is 2.20. The third-order valence-corrected chi connectivity index (χ3v) is 6.75. The normalized spacial score (nSPS) is 13.2. The molecule has 33 heavy (non-hydrogen) atoms. The molecule has 0 aromatic heterocycles. The van der Waals surface area contributed by atoms with Crippen molar-refractivity contribution in [1.82, 2.24) is 10.2 Å². The molecule has 0 aliphatic carbocycles. The second kappa shape index (κ2) is 11.3. The van der Waals surface area contributed by atoms with E-state index in [1.807, 2.05) is 52.0 Å². The summed E-state index contributed by atoms with van der Waals surface area (Å²) >= 11 is 0. The monoisotopic (exact) mass is 473 g/mol. The molecule has 2 rings (SSSR count). The summed E-state index contributed by atoms with van der Waals surface area (Å²) in [6.45, 7) is 9.20. The summed E-state index contributed by atoms with van der Waals surface area (Å²) in [5, 5.41) is 2.92. The van der Waals surface area contributed by atoms with Crippen LogP contribution in [-0.4, -0.2) is 50.0 Å². The maximum atomic E-state index is 13.5. The van der Waals surface area contributed by atoms with E-state index in [2.05, 4.69) is 5.32 Å². The van der Waals surface area contributed by atoms with Gasteiger partial charge in [-0.05, 0) is 51.8 Å². The SMILES string of the molecule is CC[C@H](C)NC(=O)[C@@H](C)N(Cc1cccc(C)c1)C(=O)CN(c1ccc(C)cc1)S(C)(=O)=O. The molecule has 0 fully saturated rings. The lowest BCUT2D eigenvalue weighted by Gasteiger charge is -2.32. The molecule has 2 atom stereocenters. The van der Waals surface area contributed by atoms with E-state index in [0.717, 1.165) is 33.7 Å². The van der Waals surface area contributed by atoms with Gasteiger partial charge in [0.1, 0.15) is 12.6 Å². The van der Waals surface area contributed by atoms with Crippen molar-refractivity contribution < 1.29 is 18.0 Å². The van der Waals surface area contributed by atoms with Crippen molar-refractivity contribution >= 4 is 27.5 Å². The quantitative estimate of drug-likeness (QED) is 0.573. The molecule has 7 nitrogen and oxygen atoms in total. The van der Waals surface area contributed by atoms with Crippen LogP contribution in [0.4, 0.5) is 5.69 Å². The Morgan fingerprint density at radius 3 is 2.18 bits per heavy atom. The van der Waals surface area contributed by atoms with Gasteiger partial charge < -0.3 is 10.2 Å². The van der Waals surface area contributed by atoms with Crippen LogP contribution in [0.5, 0.6) is 0 Å². The second-order valence-electron chi connectivity index (χ2n) is 8.61. The number of aryl methyl sites for hydroxylation is 2. The summed E-state index contributed by atoms with van der Waals surface area (Å²) in [6, 6.07) is 13.8. The number of nitrogens with zero attached hydrogens (tertiary/aromatic N) is 2. The number of hydrogen-bond donors (Lipinski definition) is 1. The van der Waals surface area contributed by atoms with Gasteiger partial charge in [-0.25, -0.2) is 8.42 Å². The van der Waals surface area contributed by atoms with Crippen LogP contribution in [0, 0.1) is 13.8 Å². The Morgan fingerprint density at radius 1 is 1.00 bits per heavy atom. The van der Waals surface area contributed by atoms with Gasteiger partial charge in [0.15, 0.2) is 0 Å². The molecule has 0 radical (unpaired) electrons. The highest BCUT2D eigenvalue weighted by Gasteiger charge is 2.30. The predicted molar refractivity (Wildman–Crippen MR) is 132 cm³/mol. The summed E-state index contributed by atoms with van der Waals surface area (Å²) in [5.41, 5.74) is 3.29. The number of carbonyl (C=O) groups excluding carboxylic acids is 2. The summed E-state index contributed by atoms with van der Waals surface area (Å²) in [5.74, 6) is -0.721. The zero-order valence-corrected chi connectivity index (χ0v) is 21.1. The molecule has 0 bridgehead atoms. The van der Waals surface area contributed by atoms with Crippen LogP contribution in [0.15, 0.2) is 48.5 Å². The largest absolute Gasteiger partial charge is 0.352 e. The Balaban J connectivity index is 2.37. The molecule has 0 spiro atoms. The Bertz CT molecular complexity index is 1070. The minimum atomic E-state index is -3.72. The van der Waals surface area contributed by atoms with Crippen molar-refractivity contribution in [1.29, 1.82) is 0 Å². The molecule has 8 heteroatoms. The Labute approximate surface area is 197 Å². The van der Waals surface area contributed by atoms with Gasteiger partial charge in [-0.2, -0.15) is 0 Å². The standard InChI is InChI=1S/C25H35N3O4S/c1-7-20(4)26-25(30)21(5)27(16-22-10-8-9-19(3)15-22)24(29)17-28(33(6,31)32)23-13-11-18(2)12-14-23/h8-15,20-21H,7,16-17H2,1-6H3,(H,26,30)/t20-,21+/m0/s1. The lowest BCUT2D eigenvalue weighted by Crippen LogP contribution is -2.52. The van der Waals surface area contributed by atoms with Gasteiger partial charge >= 0.3 is 0 Å². The molecule has 0 unspecified atom stereocenters. The molecule has 0 saturated heterocycles. The number of nitrogens with one attached hydrogen (secondary N) is 1. The highest BCUT2D eigenvalue weighted by molar-refractivity contribution is 7.92. The highest BCUT2D eigenvalue weighted by atomic mass is 32.2. The van der Waals surface area contributed by atoms with Crippen LogP contribution in [0.3, 0.4) is 0 Å². The summed E-state index contributed by atoms with van der Waals surface area (Å²) in [4.78, 5) is 27.8. The number of hydrogen-bond acceptors (Lipinski definition) is 4. The average Bonchev–Trinajstić information content (AvgIpc) is 2.75. The second-order valence-corrected chi connectivity index (χ2v) is 10.5. The number of amides is 2. The van der Waals surface area contributed by atoms with Gasteiger partial charge in [-0.3, -0.25) is 13.9 Å².